The van der Waals surface area contributed by atoms with E-state index < -0.39 is 11.9 Å². The smallest absolute Gasteiger partial charge is 0.336 e. The molecule has 3 aromatic carbocycles. The number of carbonyl (C=O) groups excluding carboxylic acids is 1. The molecule has 0 heterocycles. The fourth-order valence-corrected chi connectivity index (χ4v) is 3.38. The molecule has 3 rings (SSSR count). The predicted octanol–water partition coefficient (Wildman–Crippen LogP) is 4.62. The van der Waals surface area contributed by atoms with E-state index in [1.54, 1.807) is 38.1 Å². The van der Waals surface area contributed by atoms with Crippen LogP contribution in [0.15, 0.2) is 42.5 Å². The lowest BCUT2D eigenvalue weighted by atomic mass is 9.89. The third kappa shape index (κ3) is 3.86. The molecule has 0 atom stereocenters. The first-order valence-electron chi connectivity index (χ1n) is 8.73. The number of primary amides is 1. The number of carboxylic acids is 1. The number of hydrogen-bond acceptors (Lipinski definition) is 4. The van der Waals surface area contributed by atoms with Gasteiger partial charge in [-0.05, 0) is 55.0 Å². The Bertz CT molecular complexity index is 1200. The summed E-state index contributed by atoms with van der Waals surface area (Å²) < 4.78 is 5.71. The van der Waals surface area contributed by atoms with Crippen LogP contribution >= 0.6 is 11.6 Å². The van der Waals surface area contributed by atoms with E-state index in [0.717, 1.165) is 0 Å². The van der Waals surface area contributed by atoms with E-state index in [9.17, 15) is 20.0 Å². The van der Waals surface area contributed by atoms with Gasteiger partial charge in [-0.3, -0.25) is 4.79 Å². The SMILES string of the molecule is CC(C)Oc1cc(-c2c(C(N)=O)ccc3cc(Cl)ccc23)c(C(=O)O)cc1C#N. The average Bonchev–Trinajstić information content (AvgIpc) is 2.65. The molecule has 0 saturated heterocycles. The minimum Gasteiger partial charge on any atom is -0.490 e. The number of carboxylic acid groups (broad SMARTS) is 1. The minimum atomic E-state index is -1.24. The number of nitrogens with two attached hydrogens (primary N) is 1. The Morgan fingerprint density at radius 2 is 1.86 bits per heavy atom. The number of ether oxygens (including phenoxy) is 1. The van der Waals surface area contributed by atoms with Crippen LogP contribution in [0.25, 0.3) is 21.9 Å². The molecular weight excluding hydrogens is 392 g/mol. The second kappa shape index (κ2) is 7.82. The summed E-state index contributed by atoms with van der Waals surface area (Å²) >= 11 is 6.08. The van der Waals surface area contributed by atoms with Crippen LogP contribution in [-0.4, -0.2) is 23.1 Å². The first-order valence-corrected chi connectivity index (χ1v) is 9.11. The van der Waals surface area contributed by atoms with Gasteiger partial charge in [0.2, 0.25) is 5.91 Å². The molecule has 0 saturated carbocycles. The highest BCUT2D eigenvalue weighted by Crippen LogP contribution is 2.38. The standard InChI is InChI=1S/C22H17ClN2O4/c1-11(2)29-19-9-17(18(22(27)28)8-13(19)10-24)20-15-6-4-14(23)7-12(15)3-5-16(20)21(25)26/h3-9,11H,1-2H3,(H2,25,26)(H,27,28). The van der Waals surface area contributed by atoms with Crippen LogP contribution in [0, 0.1) is 11.3 Å². The van der Waals surface area contributed by atoms with Crippen molar-refractivity contribution in [3.05, 3.63) is 64.2 Å². The van der Waals surface area contributed by atoms with Gasteiger partial charge in [-0.1, -0.05) is 23.7 Å². The highest BCUT2D eigenvalue weighted by atomic mass is 35.5. The zero-order valence-electron chi connectivity index (χ0n) is 15.7. The maximum absolute atomic E-state index is 12.1. The molecule has 0 aliphatic heterocycles. The molecule has 7 heteroatoms. The van der Waals surface area contributed by atoms with Crippen molar-refractivity contribution >= 4 is 34.2 Å². The normalized spacial score (nSPS) is 10.7. The van der Waals surface area contributed by atoms with Crippen molar-refractivity contribution in [1.29, 1.82) is 5.26 Å². The monoisotopic (exact) mass is 408 g/mol. The number of nitriles is 1. The number of benzene rings is 3. The van der Waals surface area contributed by atoms with Gasteiger partial charge >= 0.3 is 5.97 Å². The Hall–Kier alpha value is -3.56. The van der Waals surface area contributed by atoms with E-state index in [1.807, 2.05) is 6.07 Å². The molecule has 0 unspecified atom stereocenters. The second-order valence-electron chi connectivity index (χ2n) is 6.70. The summed E-state index contributed by atoms with van der Waals surface area (Å²) in [6.45, 7) is 3.58. The molecule has 0 radical (unpaired) electrons. The lowest BCUT2D eigenvalue weighted by molar-refractivity contribution is 0.0697. The zero-order chi connectivity index (χ0) is 21.3. The predicted molar refractivity (Wildman–Crippen MR) is 110 cm³/mol. The van der Waals surface area contributed by atoms with Crippen molar-refractivity contribution in [2.75, 3.05) is 0 Å². The molecule has 0 aromatic heterocycles. The van der Waals surface area contributed by atoms with Crippen molar-refractivity contribution < 1.29 is 19.4 Å². The highest BCUT2D eigenvalue weighted by Gasteiger charge is 2.23. The third-order valence-corrected chi connectivity index (χ3v) is 4.59. The van der Waals surface area contributed by atoms with E-state index in [0.29, 0.717) is 21.4 Å². The van der Waals surface area contributed by atoms with Crippen molar-refractivity contribution in [1.82, 2.24) is 0 Å². The summed E-state index contributed by atoms with van der Waals surface area (Å²) in [4.78, 5) is 24.1. The summed E-state index contributed by atoms with van der Waals surface area (Å²) in [5, 5.41) is 21.0. The van der Waals surface area contributed by atoms with Gasteiger partial charge in [-0.15, -0.1) is 0 Å². The summed E-state index contributed by atoms with van der Waals surface area (Å²) in [7, 11) is 0. The Labute approximate surface area is 172 Å². The first kappa shape index (κ1) is 20.2. The van der Waals surface area contributed by atoms with Gasteiger partial charge in [0, 0.05) is 21.7 Å². The van der Waals surface area contributed by atoms with Gasteiger partial charge in [-0.2, -0.15) is 5.26 Å². The number of hydrogen-bond donors (Lipinski definition) is 2. The first-order chi connectivity index (χ1) is 13.7. The van der Waals surface area contributed by atoms with Crippen molar-refractivity contribution in [2.24, 2.45) is 5.73 Å². The topological polar surface area (TPSA) is 113 Å². The lowest BCUT2D eigenvalue weighted by Gasteiger charge is -2.18. The van der Waals surface area contributed by atoms with Crippen LogP contribution in [-0.2, 0) is 0 Å². The number of fused-ring (bicyclic) bond motifs is 1. The summed E-state index contributed by atoms with van der Waals surface area (Å²) in [5.41, 5.74) is 6.26. The van der Waals surface area contributed by atoms with E-state index in [-0.39, 0.29) is 34.1 Å². The average molecular weight is 409 g/mol. The molecule has 0 bridgehead atoms. The molecule has 0 spiro atoms. The van der Waals surface area contributed by atoms with Crippen LogP contribution in [0.3, 0.4) is 0 Å². The Balaban J connectivity index is 2.47. The Morgan fingerprint density at radius 1 is 1.14 bits per heavy atom. The molecule has 6 nitrogen and oxygen atoms in total. The van der Waals surface area contributed by atoms with Crippen LogP contribution in [0.1, 0.15) is 40.1 Å². The van der Waals surface area contributed by atoms with Crippen LogP contribution in [0.5, 0.6) is 5.75 Å². The van der Waals surface area contributed by atoms with E-state index in [1.165, 1.54) is 18.2 Å². The molecule has 1 amide bonds. The summed E-state index contributed by atoms with van der Waals surface area (Å²) in [6.07, 6.45) is -0.243. The van der Waals surface area contributed by atoms with Crippen molar-refractivity contribution in [3.8, 4) is 22.9 Å². The maximum Gasteiger partial charge on any atom is 0.336 e. The van der Waals surface area contributed by atoms with Gasteiger partial charge < -0.3 is 15.6 Å². The summed E-state index contributed by atoms with van der Waals surface area (Å²) in [5.74, 6) is -1.72. The Kier molecular flexibility index (Phi) is 5.44. The number of rotatable bonds is 5. The summed E-state index contributed by atoms with van der Waals surface area (Å²) in [6, 6.07) is 13.0. The molecular formula is C22H17ClN2O4. The zero-order valence-corrected chi connectivity index (χ0v) is 16.4. The van der Waals surface area contributed by atoms with Gasteiger partial charge in [0.15, 0.2) is 0 Å². The number of nitrogens with zero attached hydrogens (tertiary/aromatic N) is 1. The van der Waals surface area contributed by atoms with Gasteiger partial charge in [0.1, 0.15) is 11.8 Å². The second-order valence-corrected chi connectivity index (χ2v) is 7.13. The van der Waals surface area contributed by atoms with E-state index in [4.69, 9.17) is 22.1 Å². The molecule has 0 aliphatic rings. The molecule has 3 aromatic rings. The van der Waals surface area contributed by atoms with Gasteiger partial charge in [0.25, 0.3) is 0 Å². The number of carbonyl (C=O) groups is 2. The fraction of sp³-hybridized carbons (Fsp3) is 0.136. The molecule has 3 N–H and O–H groups in total. The van der Waals surface area contributed by atoms with E-state index >= 15 is 0 Å². The number of halogens is 1. The van der Waals surface area contributed by atoms with E-state index in [2.05, 4.69) is 0 Å². The minimum absolute atomic E-state index is 0.0868. The lowest BCUT2D eigenvalue weighted by Crippen LogP contribution is -2.14. The van der Waals surface area contributed by atoms with Gasteiger partial charge in [0.05, 0.1) is 17.2 Å². The molecule has 0 fully saturated rings. The van der Waals surface area contributed by atoms with Crippen molar-refractivity contribution in [2.45, 2.75) is 20.0 Å². The molecule has 146 valence electrons. The molecule has 29 heavy (non-hydrogen) atoms. The molecule has 0 aliphatic carbocycles. The Morgan fingerprint density at radius 3 is 2.45 bits per heavy atom. The largest absolute Gasteiger partial charge is 0.490 e. The van der Waals surface area contributed by atoms with Crippen LogP contribution in [0.4, 0.5) is 0 Å². The number of amides is 1. The third-order valence-electron chi connectivity index (χ3n) is 4.35. The van der Waals surface area contributed by atoms with Crippen molar-refractivity contribution in [3.63, 3.8) is 0 Å². The maximum atomic E-state index is 12.1. The number of aromatic carboxylic acids is 1. The van der Waals surface area contributed by atoms with Crippen LogP contribution < -0.4 is 10.5 Å². The quantitative estimate of drug-likeness (QED) is 0.639. The highest BCUT2D eigenvalue weighted by molar-refractivity contribution is 6.31. The van der Waals surface area contributed by atoms with Crippen LogP contribution in [0.2, 0.25) is 5.02 Å². The van der Waals surface area contributed by atoms with Gasteiger partial charge in [-0.25, -0.2) is 4.79 Å². The fourth-order valence-electron chi connectivity index (χ4n) is 3.20.